The van der Waals surface area contributed by atoms with Crippen LogP contribution in [0.1, 0.15) is 35.2 Å². The minimum atomic E-state index is 0.114. The molecule has 0 aliphatic carbocycles. The number of nitrogens with one attached hydrogen (secondary N) is 1. The monoisotopic (exact) mass is 305 g/mol. The zero-order valence-corrected chi connectivity index (χ0v) is 13.9. The van der Waals surface area contributed by atoms with Gasteiger partial charge in [-0.15, -0.1) is 0 Å². The molecule has 0 saturated carbocycles. The summed E-state index contributed by atoms with van der Waals surface area (Å²) >= 11 is 0. The second kappa shape index (κ2) is 6.05. The van der Waals surface area contributed by atoms with E-state index < -0.39 is 0 Å². The van der Waals surface area contributed by atoms with Crippen molar-refractivity contribution in [2.24, 2.45) is 5.41 Å². The molecule has 0 aromatic carbocycles. The van der Waals surface area contributed by atoms with Gasteiger partial charge in [-0.05, 0) is 38.3 Å². The first-order valence-electron chi connectivity index (χ1n) is 8.26. The highest BCUT2D eigenvalue weighted by Crippen LogP contribution is 2.26. The zero-order chi connectivity index (χ0) is 15.7. The Morgan fingerprint density at radius 1 is 1.32 bits per heavy atom. The van der Waals surface area contributed by atoms with Crippen LogP contribution in [0.15, 0.2) is 10.5 Å². The number of furan rings is 1. The molecule has 2 aliphatic rings. The fraction of sp³-hybridized carbons (Fsp3) is 0.706. The van der Waals surface area contributed by atoms with Crippen LogP contribution in [0, 0.1) is 19.3 Å². The summed E-state index contributed by atoms with van der Waals surface area (Å²) in [6.45, 7) is 13.1. The second-order valence-corrected chi connectivity index (χ2v) is 7.13. The number of amides is 1. The SMILES string of the molecule is Cc1cc(C(=O)N2CCN(CC3(C)CCNC3)CC2)c(C)o1. The number of nitrogens with zero attached hydrogens (tertiary/aromatic N) is 2. The Hall–Kier alpha value is -1.33. The molecule has 3 rings (SSSR count). The maximum absolute atomic E-state index is 12.6. The van der Waals surface area contributed by atoms with Crippen LogP contribution in [0.2, 0.25) is 0 Å². The first-order chi connectivity index (χ1) is 10.5. The first kappa shape index (κ1) is 15.6. The summed E-state index contributed by atoms with van der Waals surface area (Å²) in [7, 11) is 0. The summed E-state index contributed by atoms with van der Waals surface area (Å²) in [5.41, 5.74) is 1.11. The lowest BCUT2D eigenvalue weighted by Crippen LogP contribution is -2.51. The number of carbonyl (C=O) groups excluding carboxylic acids is 1. The van der Waals surface area contributed by atoms with Crippen LogP contribution in [-0.4, -0.2) is 61.5 Å². The van der Waals surface area contributed by atoms with Crippen LogP contribution in [0.3, 0.4) is 0 Å². The summed E-state index contributed by atoms with van der Waals surface area (Å²) in [5, 5.41) is 3.46. The average molecular weight is 305 g/mol. The van der Waals surface area contributed by atoms with Gasteiger partial charge in [-0.25, -0.2) is 0 Å². The summed E-state index contributed by atoms with van der Waals surface area (Å²) in [4.78, 5) is 17.1. The third-order valence-corrected chi connectivity index (χ3v) is 4.99. The second-order valence-electron chi connectivity index (χ2n) is 7.13. The zero-order valence-electron chi connectivity index (χ0n) is 13.9. The van der Waals surface area contributed by atoms with Crippen LogP contribution in [0.4, 0.5) is 0 Å². The Labute approximate surface area is 132 Å². The highest BCUT2D eigenvalue weighted by Gasteiger charge is 2.32. The maximum Gasteiger partial charge on any atom is 0.257 e. The molecule has 0 bridgehead atoms. The lowest BCUT2D eigenvalue weighted by Gasteiger charge is -2.38. The van der Waals surface area contributed by atoms with Gasteiger partial charge in [0, 0.05) is 39.3 Å². The smallest absolute Gasteiger partial charge is 0.257 e. The van der Waals surface area contributed by atoms with Crippen molar-refractivity contribution in [2.75, 3.05) is 45.8 Å². The molecule has 2 saturated heterocycles. The Morgan fingerprint density at radius 2 is 2.05 bits per heavy atom. The molecular formula is C17H27N3O2. The van der Waals surface area contributed by atoms with E-state index in [1.165, 1.54) is 6.42 Å². The van der Waals surface area contributed by atoms with Crippen molar-refractivity contribution in [3.05, 3.63) is 23.2 Å². The van der Waals surface area contributed by atoms with E-state index in [2.05, 4.69) is 17.1 Å². The van der Waals surface area contributed by atoms with Crippen molar-refractivity contribution in [1.82, 2.24) is 15.1 Å². The molecule has 1 aromatic rings. The third-order valence-electron chi connectivity index (χ3n) is 4.99. The van der Waals surface area contributed by atoms with Crippen LogP contribution >= 0.6 is 0 Å². The van der Waals surface area contributed by atoms with Crippen molar-refractivity contribution >= 4 is 5.91 Å². The highest BCUT2D eigenvalue weighted by molar-refractivity contribution is 5.95. The van der Waals surface area contributed by atoms with Crippen molar-refractivity contribution < 1.29 is 9.21 Å². The normalized spacial score (nSPS) is 26.6. The van der Waals surface area contributed by atoms with Crippen LogP contribution in [-0.2, 0) is 0 Å². The molecule has 3 heterocycles. The minimum absolute atomic E-state index is 0.114. The molecule has 0 radical (unpaired) electrons. The van der Waals surface area contributed by atoms with Gasteiger partial charge in [-0.2, -0.15) is 0 Å². The molecule has 1 atom stereocenters. The molecule has 5 nitrogen and oxygen atoms in total. The third kappa shape index (κ3) is 3.20. The van der Waals surface area contributed by atoms with Crippen molar-refractivity contribution in [3.63, 3.8) is 0 Å². The largest absolute Gasteiger partial charge is 0.466 e. The van der Waals surface area contributed by atoms with Gasteiger partial charge in [-0.3, -0.25) is 9.69 Å². The minimum Gasteiger partial charge on any atom is -0.466 e. The molecule has 1 amide bonds. The number of aryl methyl sites for hydroxylation is 2. The lowest BCUT2D eigenvalue weighted by molar-refractivity contribution is 0.0580. The molecule has 122 valence electrons. The number of carbonyl (C=O) groups is 1. The topological polar surface area (TPSA) is 48.7 Å². The van der Waals surface area contributed by atoms with E-state index in [9.17, 15) is 4.79 Å². The van der Waals surface area contributed by atoms with Gasteiger partial charge < -0.3 is 14.6 Å². The Morgan fingerprint density at radius 3 is 2.59 bits per heavy atom. The summed E-state index contributed by atoms with van der Waals surface area (Å²) in [6, 6.07) is 1.86. The van der Waals surface area contributed by atoms with Gasteiger partial charge in [0.25, 0.3) is 5.91 Å². The van der Waals surface area contributed by atoms with Gasteiger partial charge in [0.05, 0.1) is 5.56 Å². The van der Waals surface area contributed by atoms with Crippen LogP contribution in [0.5, 0.6) is 0 Å². The van der Waals surface area contributed by atoms with E-state index in [1.54, 1.807) is 0 Å². The summed E-state index contributed by atoms with van der Waals surface area (Å²) in [5.74, 6) is 1.65. The standard InChI is InChI=1S/C17H27N3O2/c1-13-10-15(14(2)22-13)16(21)20-8-6-19(7-9-20)12-17(3)4-5-18-11-17/h10,18H,4-9,11-12H2,1-3H3. The van der Waals surface area contributed by atoms with Crippen molar-refractivity contribution in [3.8, 4) is 0 Å². The Kier molecular flexibility index (Phi) is 4.28. The van der Waals surface area contributed by atoms with Crippen LogP contribution < -0.4 is 5.32 Å². The van der Waals surface area contributed by atoms with E-state index in [0.29, 0.717) is 5.41 Å². The molecule has 1 aromatic heterocycles. The molecule has 1 unspecified atom stereocenters. The predicted molar refractivity (Wildman–Crippen MR) is 86.1 cm³/mol. The highest BCUT2D eigenvalue weighted by atomic mass is 16.3. The van der Waals surface area contributed by atoms with E-state index in [0.717, 1.165) is 62.9 Å². The van der Waals surface area contributed by atoms with Gasteiger partial charge in [0.2, 0.25) is 0 Å². The molecule has 0 spiro atoms. The molecular weight excluding hydrogens is 278 g/mol. The predicted octanol–water partition coefficient (Wildman–Crippen LogP) is 1.65. The summed E-state index contributed by atoms with van der Waals surface area (Å²) < 4.78 is 5.48. The number of piperazine rings is 1. The number of rotatable bonds is 3. The van der Waals surface area contributed by atoms with E-state index in [4.69, 9.17) is 4.42 Å². The first-order valence-corrected chi connectivity index (χ1v) is 8.26. The van der Waals surface area contributed by atoms with Gasteiger partial charge in [0.15, 0.2) is 0 Å². The lowest BCUT2D eigenvalue weighted by atomic mass is 9.89. The molecule has 2 aliphatic heterocycles. The summed E-state index contributed by atoms with van der Waals surface area (Å²) in [6.07, 6.45) is 1.25. The maximum atomic E-state index is 12.6. The van der Waals surface area contributed by atoms with E-state index in [1.807, 2.05) is 24.8 Å². The van der Waals surface area contributed by atoms with Gasteiger partial charge in [-0.1, -0.05) is 6.92 Å². The average Bonchev–Trinajstić information content (AvgIpc) is 3.05. The molecule has 22 heavy (non-hydrogen) atoms. The van der Waals surface area contributed by atoms with Crippen molar-refractivity contribution in [2.45, 2.75) is 27.2 Å². The number of hydrogen-bond acceptors (Lipinski definition) is 4. The molecule has 1 N–H and O–H groups in total. The molecule has 5 heteroatoms. The number of hydrogen-bond donors (Lipinski definition) is 1. The van der Waals surface area contributed by atoms with Crippen LogP contribution in [0.25, 0.3) is 0 Å². The fourth-order valence-corrected chi connectivity index (χ4v) is 3.67. The Bertz CT molecular complexity index is 538. The van der Waals surface area contributed by atoms with Gasteiger partial charge in [0.1, 0.15) is 11.5 Å². The Balaban J connectivity index is 1.55. The quantitative estimate of drug-likeness (QED) is 0.922. The fourth-order valence-electron chi connectivity index (χ4n) is 3.67. The van der Waals surface area contributed by atoms with Gasteiger partial charge >= 0.3 is 0 Å². The molecule has 2 fully saturated rings. The van der Waals surface area contributed by atoms with Crippen molar-refractivity contribution in [1.29, 1.82) is 0 Å². The van der Waals surface area contributed by atoms with E-state index in [-0.39, 0.29) is 5.91 Å². The van der Waals surface area contributed by atoms with E-state index >= 15 is 0 Å².